The number of likely N-dealkylation sites (N-methyl/N-ethyl adjacent to an activating group) is 1. The first-order chi connectivity index (χ1) is 11.4. The Morgan fingerprint density at radius 3 is 2.75 bits per heavy atom. The van der Waals surface area contributed by atoms with Gasteiger partial charge in [-0.15, -0.1) is 0 Å². The highest BCUT2D eigenvalue weighted by Crippen LogP contribution is 2.35. The molecule has 1 aromatic carbocycles. The summed E-state index contributed by atoms with van der Waals surface area (Å²) in [5.74, 6) is 1.17. The summed E-state index contributed by atoms with van der Waals surface area (Å²) in [7, 11) is 2.13. The predicted molar refractivity (Wildman–Crippen MR) is 104 cm³/mol. The van der Waals surface area contributed by atoms with Crippen molar-refractivity contribution in [3.8, 4) is 11.3 Å². The van der Waals surface area contributed by atoms with Crippen LogP contribution in [0.4, 0.5) is 11.5 Å². The summed E-state index contributed by atoms with van der Waals surface area (Å²) in [6.07, 6.45) is 1.07. The van der Waals surface area contributed by atoms with Gasteiger partial charge in [-0.25, -0.2) is 9.98 Å². The number of pyridine rings is 1. The number of nitrogens with zero attached hydrogens (tertiary/aromatic N) is 3. The third-order valence-electron chi connectivity index (χ3n) is 4.74. The Hall–Kier alpha value is -1.87. The van der Waals surface area contributed by atoms with Gasteiger partial charge in [0.25, 0.3) is 0 Å². The number of anilines is 1. The molecule has 2 aromatic rings. The summed E-state index contributed by atoms with van der Waals surface area (Å²) in [6, 6.07) is 8.45. The van der Waals surface area contributed by atoms with E-state index in [1.54, 1.807) is 0 Å². The summed E-state index contributed by atoms with van der Waals surface area (Å²) in [4.78, 5) is 11.8. The lowest BCUT2D eigenvalue weighted by Gasteiger charge is -2.13. The Balaban J connectivity index is 2.07. The molecule has 126 valence electrons. The minimum absolute atomic E-state index is 0.404. The number of benzene rings is 1. The Morgan fingerprint density at radius 2 is 2.04 bits per heavy atom. The van der Waals surface area contributed by atoms with Gasteiger partial charge < -0.3 is 4.90 Å². The predicted octanol–water partition coefficient (Wildman–Crippen LogP) is 5.45. The van der Waals surface area contributed by atoms with E-state index >= 15 is 0 Å². The largest absolute Gasteiger partial charge is 0.374 e. The number of aryl methyl sites for hydroxylation is 1. The number of aromatic nitrogens is 1. The highest BCUT2D eigenvalue weighted by molar-refractivity contribution is 6.33. The first-order valence-corrected chi connectivity index (χ1v) is 8.81. The summed E-state index contributed by atoms with van der Waals surface area (Å²) in [5.41, 5.74) is 6.62. The molecule has 1 aliphatic rings. The molecule has 0 amide bonds. The van der Waals surface area contributed by atoms with E-state index < -0.39 is 0 Å². The van der Waals surface area contributed by atoms with Crippen LogP contribution in [0.1, 0.15) is 31.9 Å². The van der Waals surface area contributed by atoms with Crippen LogP contribution in [0.25, 0.3) is 11.3 Å². The number of hydrogen-bond acceptors (Lipinski definition) is 3. The van der Waals surface area contributed by atoms with E-state index in [4.69, 9.17) is 21.6 Å². The molecule has 24 heavy (non-hydrogen) atoms. The average molecular weight is 342 g/mol. The molecule has 0 saturated heterocycles. The minimum atomic E-state index is 0.404. The average Bonchev–Trinajstić information content (AvgIpc) is 2.90. The minimum Gasteiger partial charge on any atom is -0.374 e. The maximum absolute atomic E-state index is 6.49. The number of fused-ring (bicyclic) bond motifs is 1. The van der Waals surface area contributed by atoms with Crippen LogP contribution < -0.4 is 4.90 Å². The highest BCUT2D eigenvalue weighted by atomic mass is 35.5. The third kappa shape index (κ3) is 3.18. The summed E-state index contributed by atoms with van der Waals surface area (Å²) in [5, 5.41) is 0.681. The lowest BCUT2D eigenvalue weighted by atomic mass is 10.0. The molecule has 0 atom stereocenters. The van der Waals surface area contributed by atoms with Crippen molar-refractivity contribution in [3.05, 3.63) is 40.4 Å². The summed E-state index contributed by atoms with van der Waals surface area (Å²) < 4.78 is 0. The molecule has 0 saturated carbocycles. The van der Waals surface area contributed by atoms with E-state index in [1.807, 2.05) is 19.9 Å². The van der Waals surface area contributed by atoms with E-state index in [0.717, 1.165) is 41.3 Å². The number of halogens is 1. The Morgan fingerprint density at radius 1 is 1.29 bits per heavy atom. The van der Waals surface area contributed by atoms with Crippen LogP contribution in [0.15, 0.2) is 29.3 Å². The van der Waals surface area contributed by atoms with Gasteiger partial charge in [0.05, 0.1) is 10.7 Å². The van der Waals surface area contributed by atoms with Gasteiger partial charge in [-0.05, 0) is 55.5 Å². The quantitative estimate of drug-likeness (QED) is 0.694. The van der Waals surface area contributed by atoms with Gasteiger partial charge in [0.2, 0.25) is 0 Å². The highest BCUT2D eigenvalue weighted by Gasteiger charge is 2.18. The molecule has 0 N–H and O–H groups in total. The van der Waals surface area contributed by atoms with Gasteiger partial charge in [-0.3, -0.25) is 0 Å². The SMILES string of the molecule is C/C(=N/c1nc(-c2ccc3c(c2)CCN3C)c(Cl)cc1C)C(C)C. The van der Waals surface area contributed by atoms with Crippen LogP contribution in [-0.2, 0) is 6.42 Å². The Kier molecular flexibility index (Phi) is 4.64. The smallest absolute Gasteiger partial charge is 0.155 e. The molecular formula is C20H24ClN3. The van der Waals surface area contributed by atoms with Crippen LogP contribution in [0.5, 0.6) is 0 Å². The van der Waals surface area contributed by atoms with Crippen LogP contribution in [0, 0.1) is 12.8 Å². The van der Waals surface area contributed by atoms with E-state index in [2.05, 4.69) is 44.0 Å². The Labute approximate surface area is 149 Å². The molecule has 0 unspecified atom stereocenters. The van der Waals surface area contributed by atoms with Gasteiger partial charge in [-0.2, -0.15) is 0 Å². The molecule has 0 spiro atoms. The van der Waals surface area contributed by atoms with E-state index in [0.29, 0.717) is 10.9 Å². The van der Waals surface area contributed by atoms with Crippen LogP contribution in [0.2, 0.25) is 5.02 Å². The fourth-order valence-electron chi connectivity index (χ4n) is 2.90. The molecule has 0 bridgehead atoms. The van der Waals surface area contributed by atoms with E-state index in [9.17, 15) is 0 Å². The summed E-state index contributed by atoms with van der Waals surface area (Å²) in [6.45, 7) is 9.40. The van der Waals surface area contributed by atoms with Gasteiger partial charge in [0.1, 0.15) is 0 Å². The standard InChI is InChI=1S/C20H24ClN3/c1-12(2)14(4)22-20-13(3)10-17(21)19(23-20)16-6-7-18-15(11-16)8-9-24(18)5/h6-7,10-12H,8-9H2,1-5H3/b22-14-. The van der Waals surface area contributed by atoms with Crippen LogP contribution in [-0.4, -0.2) is 24.3 Å². The van der Waals surface area contributed by atoms with Crippen LogP contribution in [0.3, 0.4) is 0 Å². The first-order valence-electron chi connectivity index (χ1n) is 8.43. The molecule has 3 rings (SSSR count). The number of hydrogen-bond donors (Lipinski definition) is 0. The molecular weight excluding hydrogens is 318 g/mol. The van der Waals surface area contributed by atoms with Crippen molar-refractivity contribution in [2.75, 3.05) is 18.5 Å². The second kappa shape index (κ2) is 6.56. The molecule has 1 aliphatic heterocycles. The number of aliphatic imine (C=N–C) groups is 1. The fraction of sp³-hybridized carbons (Fsp3) is 0.400. The number of rotatable bonds is 3. The summed E-state index contributed by atoms with van der Waals surface area (Å²) >= 11 is 6.49. The molecule has 2 heterocycles. The lowest BCUT2D eigenvalue weighted by molar-refractivity contribution is 0.877. The zero-order valence-corrected chi connectivity index (χ0v) is 15.8. The van der Waals surface area contributed by atoms with Gasteiger partial charge >= 0.3 is 0 Å². The van der Waals surface area contributed by atoms with Crippen molar-refractivity contribution in [3.63, 3.8) is 0 Å². The first kappa shape index (κ1) is 17.0. The fourth-order valence-corrected chi connectivity index (χ4v) is 3.21. The van der Waals surface area contributed by atoms with Crippen molar-refractivity contribution < 1.29 is 0 Å². The van der Waals surface area contributed by atoms with Crippen molar-refractivity contribution in [2.45, 2.75) is 34.1 Å². The monoisotopic (exact) mass is 341 g/mol. The van der Waals surface area contributed by atoms with Crippen LogP contribution >= 0.6 is 11.6 Å². The molecule has 4 heteroatoms. The van der Waals surface area contributed by atoms with Crippen molar-refractivity contribution >= 4 is 28.8 Å². The molecule has 0 aliphatic carbocycles. The molecule has 0 fully saturated rings. The molecule has 1 aromatic heterocycles. The zero-order chi connectivity index (χ0) is 17.4. The second-order valence-corrected chi connectivity index (χ2v) is 7.29. The van der Waals surface area contributed by atoms with Gasteiger partial charge in [0.15, 0.2) is 5.82 Å². The Bertz CT molecular complexity index is 809. The second-order valence-electron chi connectivity index (χ2n) is 6.88. The topological polar surface area (TPSA) is 28.5 Å². The molecule has 0 radical (unpaired) electrons. The maximum atomic E-state index is 6.49. The molecule has 3 nitrogen and oxygen atoms in total. The lowest BCUT2D eigenvalue weighted by Crippen LogP contribution is -2.12. The van der Waals surface area contributed by atoms with Gasteiger partial charge in [0, 0.05) is 30.6 Å². The van der Waals surface area contributed by atoms with Crippen molar-refractivity contribution in [1.29, 1.82) is 0 Å². The van der Waals surface area contributed by atoms with Crippen molar-refractivity contribution in [1.82, 2.24) is 4.98 Å². The third-order valence-corrected chi connectivity index (χ3v) is 5.03. The maximum Gasteiger partial charge on any atom is 0.155 e. The normalized spacial score (nSPS) is 14.5. The van der Waals surface area contributed by atoms with Gasteiger partial charge in [-0.1, -0.05) is 31.5 Å². The van der Waals surface area contributed by atoms with E-state index in [1.165, 1.54) is 11.3 Å². The zero-order valence-electron chi connectivity index (χ0n) is 15.0. The van der Waals surface area contributed by atoms with E-state index in [-0.39, 0.29) is 0 Å². The van der Waals surface area contributed by atoms with Crippen molar-refractivity contribution in [2.24, 2.45) is 10.9 Å².